The quantitative estimate of drug-likeness (QED) is 0.702. The van der Waals surface area contributed by atoms with Crippen molar-refractivity contribution < 1.29 is 19.4 Å². The Morgan fingerprint density at radius 2 is 1.77 bits per heavy atom. The summed E-state index contributed by atoms with van der Waals surface area (Å²) in [5.74, 6) is -0.833. The van der Waals surface area contributed by atoms with Gasteiger partial charge in [-0.15, -0.1) is 0 Å². The van der Waals surface area contributed by atoms with Crippen molar-refractivity contribution in [1.29, 1.82) is 0 Å². The fraction of sp³-hybridized carbons (Fsp3) is 0.222. The van der Waals surface area contributed by atoms with Crippen LogP contribution in [-0.2, 0) is 4.79 Å². The van der Waals surface area contributed by atoms with Gasteiger partial charge in [0.25, 0.3) is 5.97 Å². The van der Waals surface area contributed by atoms with Gasteiger partial charge in [0.2, 0.25) is 6.36 Å². The molecule has 0 amide bonds. The van der Waals surface area contributed by atoms with Crippen LogP contribution in [-0.4, -0.2) is 16.2 Å². The summed E-state index contributed by atoms with van der Waals surface area (Å²) in [6, 6.07) is 8.19. The molecular weight excluding hydrogens is 175 g/mol. The van der Waals surface area contributed by atoms with Crippen LogP contribution < -0.4 is 0 Å². The van der Waals surface area contributed by atoms with Gasteiger partial charge < -0.3 is 10.2 Å². The van der Waals surface area contributed by atoms with Crippen LogP contribution in [0.3, 0.4) is 0 Å². The minimum atomic E-state index is -1.84. The van der Waals surface area contributed by atoms with Gasteiger partial charge in [0, 0.05) is 12.5 Å². The van der Waals surface area contributed by atoms with Gasteiger partial charge in [-0.3, -0.25) is 4.79 Å². The number of carboxylic acid groups (broad SMARTS) is 1. The second-order valence-electron chi connectivity index (χ2n) is 2.27. The van der Waals surface area contributed by atoms with Crippen molar-refractivity contribution in [3.63, 3.8) is 0 Å². The lowest BCUT2D eigenvalue weighted by Gasteiger charge is -1.97. The molecule has 1 aromatic rings. The number of benzene rings is 1. The van der Waals surface area contributed by atoms with Crippen molar-refractivity contribution in [2.45, 2.75) is 13.3 Å². The number of alkyl halides is 1. The van der Waals surface area contributed by atoms with Crippen molar-refractivity contribution in [3.8, 4) is 0 Å². The smallest absolute Gasteiger partial charge is 0.300 e. The van der Waals surface area contributed by atoms with Gasteiger partial charge in [-0.05, 0) is 0 Å². The zero-order valence-electron chi connectivity index (χ0n) is 7.14. The van der Waals surface area contributed by atoms with E-state index in [1.807, 2.05) is 0 Å². The van der Waals surface area contributed by atoms with Gasteiger partial charge in [-0.1, -0.05) is 30.3 Å². The largest absolute Gasteiger partial charge is 0.481 e. The molecule has 1 atom stereocenters. The van der Waals surface area contributed by atoms with Crippen LogP contribution in [0.25, 0.3) is 0 Å². The number of aliphatic carboxylic acids is 1. The second kappa shape index (κ2) is 6.14. The summed E-state index contributed by atoms with van der Waals surface area (Å²) < 4.78 is 12.0. The lowest BCUT2D eigenvalue weighted by Crippen LogP contribution is -1.85. The van der Waals surface area contributed by atoms with Crippen LogP contribution >= 0.6 is 0 Å². The number of hydrogen-bond acceptors (Lipinski definition) is 2. The van der Waals surface area contributed by atoms with Crippen molar-refractivity contribution in [2.24, 2.45) is 0 Å². The van der Waals surface area contributed by atoms with E-state index in [1.54, 1.807) is 18.2 Å². The molecule has 0 saturated heterocycles. The number of aliphatic hydroxyl groups excluding tert-OH is 1. The summed E-state index contributed by atoms with van der Waals surface area (Å²) in [6.07, 6.45) is -1.84. The summed E-state index contributed by atoms with van der Waals surface area (Å²) in [4.78, 5) is 9.00. The van der Waals surface area contributed by atoms with Crippen LogP contribution in [0.1, 0.15) is 18.8 Å². The van der Waals surface area contributed by atoms with Crippen LogP contribution in [0.15, 0.2) is 30.3 Å². The molecule has 0 fully saturated rings. The molecule has 2 N–H and O–H groups in total. The average Bonchev–Trinajstić information content (AvgIpc) is 2.05. The number of carboxylic acids is 1. The fourth-order valence-corrected chi connectivity index (χ4v) is 0.612. The van der Waals surface area contributed by atoms with E-state index in [0.717, 1.165) is 6.92 Å². The topological polar surface area (TPSA) is 57.5 Å². The Morgan fingerprint density at radius 3 is 2.00 bits per heavy atom. The molecule has 0 saturated carbocycles. The molecule has 0 spiro atoms. The Hall–Kier alpha value is -1.42. The van der Waals surface area contributed by atoms with Crippen molar-refractivity contribution >= 4 is 5.97 Å². The minimum Gasteiger partial charge on any atom is -0.481 e. The molecule has 0 aromatic heterocycles. The van der Waals surface area contributed by atoms with E-state index in [9.17, 15) is 4.39 Å². The first-order chi connectivity index (χ1) is 6.04. The third-order valence-electron chi connectivity index (χ3n) is 1.07. The van der Waals surface area contributed by atoms with Crippen molar-refractivity contribution in [2.75, 3.05) is 0 Å². The highest BCUT2D eigenvalue weighted by atomic mass is 19.1. The highest BCUT2D eigenvalue weighted by Gasteiger charge is 1.99. The zero-order valence-corrected chi connectivity index (χ0v) is 7.14. The van der Waals surface area contributed by atoms with Gasteiger partial charge in [-0.25, -0.2) is 4.39 Å². The lowest BCUT2D eigenvalue weighted by molar-refractivity contribution is -0.134. The summed E-state index contributed by atoms with van der Waals surface area (Å²) in [5.41, 5.74) is 0.303. The monoisotopic (exact) mass is 186 g/mol. The average molecular weight is 186 g/mol. The molecule has 0 radical (unpaired) electrons. The summed E-state index contributed by atoms with van der Waals surface area (Å²) >= 11 is 0. The van der Waals surface area contributed by atoms with Crippen molar-refractivity contribution in [3.05, 3.63) is 35.9 Å². The Bertz CT molecular complexity index is 242. The second-order valence-corrected chi connectivity index (χ2v) is 2.27. The van der Waals surface area contributed by atoms with E-state index in [1.165, 1.54) is 12.1 Å². The molecule has 1 aromatic carbocycles. The Morgan fingerprint density at radius 1 is 1.38 bits per heavy atom. The minimum absolute atomic E-state index is 0.303. The maximum absolute atomic E-state index is 12.0. The van der Waals surface area contributed by atoms with Gasteiger partial charge in [0.1, 0.15) is 0 Å². The first-order valence-electron chi connectivity index (χ1n) is 3.60. The molecule has 0 aliphatic carbocycles. The third kappa shape index (κ3) is 6.96. The molecular formula is C9H11FO3. The van der Waals surface area contributed by atoms with Crippen LogP contribution in [0.4, 0.5) is 4.39 Å². The van der Waals surface area contributed by atoms with E-state index in [-0.39, 0.29) is 0 Å². The fourth-order valence-electron chi connectivity index (χ4n) is 0.612. The molecule has 13 heavy (non-hydrogen) atoms. The number of hydrogen-bond donors (Lipinski definition) is 2. The summed E-state index contributed by atoms with van der Waals surface area (Å²) in [7, 11) is 0. The van der Waals surface area contributed by atoms with Crippen LogP contribution in [0, 0.1) is 0 Å². The molecule has 0 aliphatic heterocycles. The summed E-state index contributed by atoms with van der Waals surface area (Å²) in [5, 5.41) is 15.8. The maximum atomic E-state index is 12.0. The molecule has 0 aliphatic rings. The molecule has 4 heteroatoms. The normalized spacial score (nSPS) is 11.0. The van der Waals surface area contributed by atoms with Gasteiger partial charge in [0.15, 0.2) is 0 Å². The molecule has 1 unspecified atom stereocenters. The van der Waals surface area contributed by atoms with Crippen molar-refractivity contribution in [1.82, 2.24) is 0 Å². The highest BCUT2D eigenvalue weighted by Crippen LogP contribution is 2.11. The van der Waals surface area contributed by atoms with Crippen LogP contribution in [0.2, 0.25) is 0 Å². The Labute approximate surface area is 75.4 Å². The number of carbonyl (C=O) groups is 1. The predicted octanol–water partition coefficient (Wildman–Crippen LogP) is 1.74. The van der Waals surface area contributed by atoms with E-state index < -0.39 is 12.3 Å². The first kappa shape index (κ1) is 11.6. The molecule has 72 valence electrons. The zero-order chi connectivity index (χ0) is 10.3. The Kier molecular flexibility index (Phi) is 5.47. The van der Waals surface area contributed by atoms with Crippen LogP contribution in [0.5, 0.6) is 0 Å². The molecule has 0 heterocycles. The van der Waals surface area contributed by atoms with Gasteiger partial charge in [-0.2, -0.15) is 0 Å². The van der Waals surface area contributed by atoms with E-state index in [4.69, 9.17) is 15.0 Å². The Balaban J connectivity index is 0.000000310. The number of aliphatic hydroxyl groups is 1. The SMILES string of the molecule is CC(=O)O.OC(F)c1ccccc1. The van der Waals surface area contributed by atoms with Gasteiger partial charge >= 0.3 is 0 Å². The third-order valence-corrected chi connectivity index (χ3v) is 1.07. The maximum Gasteiger partial charge on any atom is 0.300 e. The lowest BCUT2D eigenvalue weighted by atomic mass is 10.2. The predicted molar refractivity (Wildman–Crippen MR) is 45.8 cm³/mol. The molecule has 0 bridgehead atoms. The van der Waals surface area contributed by atoms with Gasteiger partial charge in [0.05, 0.1) is 0 Å². The molecule has 1 rings (SSSR count). The van der Waals surface area contributed by atoms with E-state index in [2.05, 4.69) is 0 Å². The summed E-state index contributed by atoms with van der Waals surface area (Å²) in [6.45, 7) is 1.08. The number of rotatable bonds is 1. The van der Waals surface area contributed by atoms with E-state index >= 15 is 0 Å². The standard InChI is InChI=1S/C7H7FO.C2H4O2/c8-7(9)6-4-2-1-3-5-6;1-2(3)4/h1-5,7,9H;1H3,(H,3,4). The van der Waals surface area contributed by atoms with E-state index in [0.29, 0.717) is 5.56 Å². The number of halogens is 1. The molecule has 3 nitrogen and oxygen atoms in total. The first-order valence-corrected chi connectivity index (χ1v) is 3.60. The highest BCUT2D eigenvalue weighted by molar-refractivity contribution is 5.62.